The highest BCUT2D eigenvalue weighted by Crippen LogP contribution is 2.31. The maximum Gasteiger partial charge on any atom is 0.416 e. The van der Waals surface area contributed by atoms with Crippen molar-refractivity contribution in [2.24, 2.45) is 0 Å². The topological polar surface area (TPSA) is 103 Å². The monoisotopic (exact) mass is 481 g/mol. The molecule has 1 aliphatic carbocycles. The molecule has 1 aliphatic rings. The van der Waals surface area contributed by atoms with Crippen LogP contribution in [0.5, 0.6) is 0 Å². The molecule has 0 aliphatic heterocycles. The Balaban J connectivity index is 1.44. The van der Waals surface area contributed by atoms with Crippen molar-refractivity contribution < 1.29 is 35.5 Å². The van der Waals surface area contributed by atoms with Gasteiger partial charge in [-0.2, -0.15) is 17.9 Å². The number of hydrogen-bond acceptors (Lipinski definition) is 6. The summed E-state index contributed by atoms with van der Waals surface area (Å²) >= 11 is 0. The maximum absolute atomic E-state index is 12.8. The molecule has 0 unspecified atom stereocenters. The number of halogens is 3. The van der Waals surface area contributed by atoms with Gasteiger partial charge in [0.25, 0.3) is 0 Å². The molecule has 0 spiro atoms. The average molecular weight is 481 g/mol. The number of fused-ring (bicyclic) bond motifs is 2. The third-order valence-electron chi connectivity index (χ3n) is 5.31. The van der Waals surface area contributed by atoms with E-state index >= 15 is 0 Å². The van der Waals surface area contributed by atoms with Crippen LogP contribution in [0, 0.1) is 0 Å². The van der Waals surface area contributed by atoms with Crippen molar-refractivity contribution in [3.63, 3.8) is 0 Å². The van der Waals surface area contributed by atoms with Crippen molar-refractivity contribution in [3.05, 3.63) is 75.1 Å². The summed E-state index contributed by atoms with van der Waals surface area (Å²) in [6, 6.07) is 8.04. The Morgan fingerprint density at radius 1 is 1.09 bits per heavy atom. The van der Waals surface area contributed by atoms with Gasteiger partial charge in [0.15, 0.2) is 0 Å². The van der Waals surface area contributed by atoms with Crippen molar-refractivity contribution in [1.82, 2.24) is 4.72 Å². The summed E-state index contributed by atoms with van der Waals surface area (Å²) in [5, 5.41) is 0.618. The minimum atomic E-state index is -4.71. The minimum absolute atomic E-state index is 0.301. The highest BCUT2D eigenvalue weighted by atomic mass is 32.2. The molecule has 1 aromatic heterocycles. The van der Waals surface area contributed by atoms with E-state index < -0.39 is 44.8 Å². The lowest BCUT2D eigenvalue weighted by molar-refractivity contribution is -0.143. The fourth-order valence-corrected chi connectivity index (χ4v) is 4.71. The molecule has 4 rings (SSSR count). The standard InChI is InChI=1S/C22H18F3NO6S/c23-22(24,25)16-5-2-6-17(10-16)33(29,30)26-11-21(28)31-12-15-9-20(27)32-19-8-14-4-1-3-13(14)7-18(15)19/h2,5-10,26H,1,3-4,11-12H2. The fourth-order valence-electron chi connectivity index (χ4n) is 3.70. The van der Waals surface area contributed by atoms with Gasteiger partial charge in [0, 0.05) is 17.0 Å². The van der Waals surface area contributed by atoms with Gasteiger partial charge in [0.2, 0.25) is 10.0 Å². The molecule has 0 bridgehead atoms. The van der Waals surface area contributed by atoms with Gasteiger partial charge < -0.3 is 9.15 Å². The number of benzene rings is 2. The Morgan fingerprint density at radius 3 is 2.55 bits per heavy atom. The van der Waals surface area contributed by atoms with Crippen LogP contribution in [-0.4, -0.2) is 20.9 Å². The third kappa shape index (κ3) is 5.09. The summed E-state index contributed by atoms with van der Waals surface area (Å²) in [7, 11) is -4.39. The van der Waals surface area contributed by atoms with E-state index in [4.69, 9.17) is 9.15 Å². The summed E-state index contributed by atoms with van der Waals surface area (Å²) in [6.45, 7) is -1.10. The van der Waals surface area contributed by atoms with E-state index in [1.54, 1.807) is 6.07 Å². The Morgan fingerprint density at radius 2 is 1.82 bits per heavy atom. The number of carbonyl (C=O) groups excluding carboxylic acids is 1. The van der Waals surface area contributed by atoms with E-state index in [0.717, 1.165) is 48.6 Å². The number of ether oxygens (including phenoxy) is 1. The second-order valence-electron chi connectivity index (χ2n) is 7.57. The summed E-state index contributed by atoms with van der Waals surface area (Å²) in [6.07, 6.45) is -1.94. The number of hydrogen-bond donors (Lipinski definition) is 1. The highest BCUT2D eigenvalue weighted by Gasteiger charge is 2.31. The second-order valence-corrected chi connectivity index (χ2v) is 9.34. The molecule has 174 valence electrons. The highest BCUT2D eigenvalue weighted by molar-refractivity contribution is 7.89. The van der Waals surface area contributed by atoms with E-state index in [1.807, 2.05) is 10.8 Å². The van der Waals surface area contributed by atoms with Crippen LogP contribution in [-0.2, 0) is 45.2 Å². The van der Waals surface area contributed by atoms with Gasteiger partial charge in [-0.1, -0.05) is 6.07 Å². The van der Waals surface area contributed by atoms with E-state index in [0.29, 0.717) is 22.6 Å². The first-order chi connectivity index (χ1) is 15.5. The Kier molecular flexibility index (Phi) is 6.02. The lowest BCUT2D eigenvalue weighted by atomic mass is 10.0. The summed E-state index contributed by atoms with van der Waals surface area (Å²) in [4.78, 5) is 23.3. The van der Waals surface area contributed by atoms with Crippen LogP contribution in [0.4, 0.5) is 13.2 Å². The number of rotatable bonds is 6. The number of alkyl halides is 3. The fraction of sp³-hybridized carbons (Fsp3) is 0.273. The molecule has 0 amide bonds. The number of aryl methyl sites for hydroxylation is 2. The van der Waals surface area contributed by atoms with Crippen molar-refractivity contribution in [1.29, 1.82) is 0 Å². The molecule has 0 fully saturated rings. The van der Waals surface area contributed by atoms with Crippen molar-refractivity contribution in [2.45, 2.75) is 36.9 Å². The summed E-state index contributed by atoms with van der Waals surface area (Å²) in [5.41, 5.74) is 1.26. The molecule has 0 radical (unpaired) electrons. The SMILES string of the molecule is O=C(CNS(=O)(=O)c1cccc(C(F)(F)F)c1)OCc1cc(=O)oc2cc3c(cc12)CCC3. The minimum Gasteiger partial charge on any atom is -0.460 e. The number of nitrogens with one attached hydrogen (secondary N) is 1. The normalized spacial score (nSPS) is 13.8. The van der Waals surface area contributed by atoms with Gasteiger partial charge in [-0.15, -0.1) is 0 Å². The van der Waals surface area contributed by atoms with Gasteiger partial charge >= 0.3 is 17.8 Å². The lowest BCUT2D eigenvalue weighted by Crippen LogP contribution is -2.31. The quantitative estimate of drug-likeness (QED) is 0.428. The second kappa shape index (κ2) is 8.64. The smallest absolute Gasteiger partial charge is 0.416 e. The Bertz CT molecular complexity index is 1400. The molecule has 0 saturated carbocycles. The van der Waals surface area contributed by atoms with Crippen molar-refractivity contribution >= 4 is 27.0 Å². The number of carbonyl (C=O) groups is 1. The molecule has 11 heteroatoms. The van der Waals surface area contributed by atoms with Gasteiger partial charge in [-0.25, -0.2) is 13.2 Å². The lowest BCUT2D eigenvalue weighted by Gasteiger charge is -2.11. The van der Waals surface area contributed by atoms with Gasteiger partial charge in [0.05, 0.1) is 10.5 Å². The van der Waals surface area contributed by atoms with Crippen LogP contribution in [0.15, 0.2) is 56.6 Å². The zero-order chi connectivity index (χ0) is 23.8. The number of sulfonamides is 1. The molecule has 3 aromatic rings. The Labute approximate surface area is 186 Å². The average Bonchev–Trinajstić information content (AvgIpc) is 3.21. The molecule has 1 N–H and O–H groups in total. The Hall–Kier alpha value is -3.18. The van der Waals surface area contributed by atoms with Crippen LogP contribution in [0.25, 0.3) is 11.0 Å². The molecule has 7 nitrogen and oxygen atoms in total. The van der Waals surface area contributed by atoms with Crippen LogP contribution in [0.2, 0.25) is 0 Å². The molecule has 33 heavy (non-hydrogen) atoms. The van der Waals surface area contributed by atoms with Gasteiger partial charge in [-0.05, 0) is 60.7 Å². The zero-order valence-corrected chi connectivity index (χ0v) is 17.9. The van der Waals surface area contributed by atoms with Crippen LogP contribution >= 0.6 is 0 Å². The molecule has 2 aromatic carbocycles. The molecular formula is C22H18F3NO6S. The van der Waals surface area contributed by atoms with Gasteiger partial charge in [-0.3, -0.25) is 4.79 Å². The number of esters is 1. The van der Waals surface area contributed by atoms with Crippen LogP contribution in [0.1, 0.15) is 28.7 Å². The van der Waals surface area contributed by atoms with E-state index in [-0.39, 0.29) is 6.61 Å². The van der Waals surface area contributed by atoms with E-state index in [9.17, 15) is 31.2 Å². The third-order valence-corrected chi connectivity index (χ3v) is 6.71. The summed E-state index contributed by atoms with van der Waals surface area (Å²) in [5.74, 6) is -0.965. The van der Waals surface area contributed by atoms with Crippen molar-refractivity contribution in [2.75, 3.05) is 6.54 Å². The largest absolute Gasteiger partial charge is 0.460 e. The van der Waals surface area contributed by atoms with Crippen LogP contribution < -0.4 is 10.3 Å². The first-order valence-electron chi connectivity index (χ1n) is 9.94. The predicted octanol–water partition coefficient (Wildman–Crippen LogP) is 3.32. The van der Waals surface area contributed by atoms with E-state index in [1.165, 1.54) is 6.07 Å². The molecular weight excluding hydrogens is 463 g/mol. The summed E-state index contributed by atoms with van der Waals surface area (Å²) < 4.78 is 75.3. The molecule has 0 saturated heterocycles. The van der Waals surface area contributed by atoms with Crippen molar-refractivity contribution in [3.8, 4) is 0 Å². The zero-order valence-electron chi connectivity index (χ0n) is 17.1. The predicted molar refractivity (Wildman–Crippen MR) is 111 cm³/mol. The first-order valence-corrected chi connectivity index (χ1v) is 11.4. The first kappa shape index (κ1) is 23.0. The van der Waals surface area contributed by atoms with Crippen LogP contribution in [0.3, 0.4) is 0 Å². The van der Waals surface area contributed by atoms with E-state index in [2.05, 4.69) is 0 Å². The van der Waals surface area contributed by atoms with Gasteiger partial charge in [0.1, 0.15) is 18.7 Å². The molecule has 0 atom stereocenters. The molecule has 1 heterocycles. The maximum atomic E-state index is 12.8.